The molecule has 3 nitrogen and oxygen atoms in total. The van der Waals surface area contributed by atoms with E-state index < -0.39 is 0 Å². The molecule has 1 aliphatic rings. The van der Waals surface area contributed by atoms with Crippen LogP contribution >= 0.6 is 0 Å². The molecule has 0 aliphatic heterocycles. The van der Waals surface area contributed by atoms with Gasteiger partial charge in [-0.15, -0.1) is 0 Å². The molecule has 3 heteroatoms. The topological polar surface area (TPSA) is 35.5 Å². The van der Waals surface area contributed by atoms with Gasteiger partial charge in [-0.25, -0.2) is 0 Å². The molecule has 1 aliphatic carbocycles. The Hall–Kier alpha value is -0.570. The fourth-order valence-corrected chi connectivity index (χ4v) is 4.31. The van der Waals surface area contributed by atoms with E-state index in [1.54, 1.807) is 0 Å². The zero-order valence-corrected chi connectivity index (χ0v) is 19.6. The van der Waals surface area contributed by atoms with Crippen LogP contribution in [0.5, 0.6) is 0 Å². The van der Waals surface area contributed by atoms with E-state index >= 15 is 0 Å². The first kappa shape index (κ1) is 26.5. The molecule has 0 aromatic heterocycles. The summed E-state index contributed by atoms with van der Waals surface area (Å²) in [5.74, 6) is -0.0491. The summed E-state index contributed by atoms with van der Waals surface area (Å²) in [4.78, 5) is 11.8. The van der Waals surface area contributed by atoms with Gasteiger partial charge < -0.3 is 9.47 Å². The Morgan fingerprint density at radius 1 is 0.655 bits per heavy atom. The van der Waals surface area contributed by atoms with Crippen LogP contribution in [0.15, 0.2) is 0 Å². The molecular formula is C26H50O3. The van der Waals surface area contributed by atoms with Crippen molar-refractivity contribution in [3.05, 3.63) is 0 Å². The zero-order chi connectivity index (χ0) is 20.8. The van der Waals surface area contributed by atoms with Crippen LogP contribution in [0.2, 0.25) is 0 Å². The van der Waals surface area contributed by atoms with E-state index in [4.69, 9.17) is 9.47 Å². The first-order valence-electron chi connectivity index (χ1n) is 13.1. The lowest BCUT2D eigenvalue weighted by Crippen LogP contribution is -2.20. The van der Waals surface area contributed by atoms with Gasteiger partial charge in [0.1, 0.15) is 6.61 Å². The van der Waals surface area contributed by atoms with Gasteiger partial charge in [-0.2, -0.15) is 0 Å². The smallest absolute Gasteiger partial charge is 0.305 e. The minimum Gasteiger partial charge on any atom is -0.463 e. The van der Waals surface area contributed by atoms with Crippen molar-refractivity contribution in [3.63, 3.8) is 0 Å². The van der Waals surface area contributed by atoms with Gasteiger partial charge in [0.25, 0.3) is 0 Å². The zero-order valence-electron chi connectivity index (χ0n) is 19.6. The Kier molecular flexibility index (Phi) is 18.9. The molecule has 0 N–H and O–H groups in total. The van der Waals surface area contributed by atoms with Crippen molar-refractivity contribution in [2.75, 3.05) is 13.2 Å². The van der Waals surface area contributed by atoms with Gasteiger partial charge in [0.05, 0.1) is 12.7 Å². The van der Waals surface area contributed by atoms with E-state index in [0.29, 0.717) is 25.7 Å². The monoisotopic (exact) mass is 410 g/mol. The highest BCUT2D eigenvalue weighted by molar-refractivity contribution is 5.69. The van der Waals surface area contributed by atoms with E-state index in [0.717, 1.165) is 12.8 Å². The summed E-state index contributed by atoms with van der Waals surface area (Å²) < 4.78 is 11.1. The molecule has 1 fully saturated rings. The first-order chi connectivity index (χ1) is 14.3. The maximum atomic E-state index is 11.8. The summed E-state index contributed by atoms with van der Waals surface area (Å²) in [6.45, 7) is 3.27. The van der Waals surface area contributed by atoms with Gasteiger partial charge in [0.2, 0.25) is 0 Å². The minimum atomic E-state index is -0.0491. The normalized spacial score (nSPS) is 14.9. The van der Waals surface area contributed by atoms with Crippen LogP contribution < -0.4 is 0 Å². The maximum absolute atomic E-state index is 11.8. The summed E-state index contributed by atoms with van der Waals surface area (Å²) in [5, 5.41) is 0. The predicted molar refractivity (Wildman–Crippen MR) is 123 cm³/mol. The highest BCUT2D eigenvalue weighted by Crippen LogP contribution is 2.20. The minimum absolute atomic E-state index is 0.0491. The molecule has 1 rings (SSSR count). The summed E-state index contributed by atoms with van der Waals surface area (Å²) >= 11 is 0. The fourth-order valence-electron chi connectivity index (χ4n) is 4.31. The number of hydrogen-bond acceptors (Lipinski definition) is 3. The number of carbonyl (C=O) groups is 1. The highest BCUT2D eigenvalue weighted by atomic mass is 16.6. The van der Waals surface area contributed by atoms with Crippen LogP contribution in [-0.4, -0.2) is 25.3 Å². The number of rotatable bonds is 20. The molecule has 0 saturated heterocycles. The third-order valence-corrected chi connectivity index (χ3v) is 6.24. The lowest BCUT2D eigenvalue weighted by molar-refractivity contribution is -0.146. The van der Waals surface area contributed by atoms with Crippen LogP contribution in [-0.2, 0) is 14.3 Å². The fraction of sp³-hybridized carbons (Fsp3) is 0.962. The number of carbonyl (C=O) groups excluding carboxylic acids is 1. The molecule has 172 valence electrons. The first-order valence-corrected chi connectivity index (χ1v) is 13.1. The second-order valence-corrected chi connectivity index (χ2v) is 9.05. The van der Waals surface area contributed by atoms with Crippen molar-refractivity contribution in [3.8, 4) is 0 Å². The second-order valence-electron chi connectivity index (χ2n) is 9.05. The Balaban J connectivity index is 1.72. The Labute approximate surface area is 181 Å². The second kappa shape index (κ2) is 20.7. The molecular weight excluding hydrogens is 360 g/mol. The van der Waals surface area contributed by atoms with E-state index in [2.05, 4.69) is 6.92 Å². The molecule has 0 atom stereocenters. The summed E-state index contributed by atoms with van der Waals surface area (Å²) in [6.07, 6.45) is 27.5. The average molecular weight is 411 g/mol. The maximum Gasteiger partial charge on any atom is 0.305 e. The molecule has 29 heavy (non-hydrogen) atoms. The average Bonchev–Trinajstić information content (AvgIpc) is 2.75. The molecule has 1 saturated carbocycles. The summed E-state index contributed by atoms with van der Waals surface area (Å²) in [6, 6.07) is 0. The summed E-state index contributed by atoms with van der Waals surface area (Å²) in [5.41, 5.74) is 0. The van der Waals surface area contributed by atoms with Crippen molar-refractivity contribution >= 4 is 5.97 Å². The quantitative estimate of drug-likeness (QED) is 0.150. The predicted octanol–water partition coefficient (Wildman–Crippen LogP) is 8.14. The van der Waals surface area contributed by atoms with E-state index in [-0.39, 0.29) is 5.97 Å². The van der Waals surface area contributed by atoms with Crippen LogP contribution in [0, 0.1) is 0 Å². The molecule has 0 aromatic rings. The SMILES string of the molecule is CCCCCCCCCCCCCCCCCC(=O)OCCOC1CCCCC1. The van der Waals surface area contributed by atoms with Gasteiger partial charge in [-0.05, 0) is 19.3 Å². The Morgan fingerprint density at radius 2 is 1.14 bits per heavy atom. The molecule has 0 spiro atoms. The van der Waals surface area contributed by atoms with Gasteiger partial charge in [-0.3, -0.25) is 4.79 Å². The molecule has 0 bridgehead atoms. The van der Waals surface area contributed by atoms with Crippen molar-refractivity contribution in [2.24, 2.45) is 0 Å². The molecule has 0 aromatic carbocycles. The molecule has 0 amide bonds. The van der Waals surface area contributed by atoms with Crippen molar-refractivity contribution in [1.29, 1.82) is 0 Å². The highest BCUT2D eigenvalue weighted by Gasteiger charge is 2.13. The largest absolute Gasteiger partial charge is 0.463 e. The van der Waals surface area contributed by atoms with Crippen LogP contribution in [0.4, 0.5) is 0 Å². The number of unbranched alkanes of at least 4 members (excludes halogenated alkanes) is 14. The number of ether oxygens (including phenoxy) is 2. The lowest BCUT2D eigenvalue weighted by atomic mass is 9.98. The van der Waals surface area contributed by atoms with Gasteiger partial charge in [0, 0.05) is 6.42 Å². The number of hydrogen-bond donors (Lipinski definition) is 0. The molecule has 0 unspecified atom stereocenters. The molecule has 0 heterocycles. The van der Waals surface area contributed by atoms with Gasteiger partial charge >= 0.3 is 5.97 Å². The van der Waals surface area contributed by atoms with Crippen LogP contribution in [0.25, 0.3) is 0 Å². The van der Waals surface area contributed by atoms with E-state index in [9.17, 15) is 4.79 Å². The van der Waals surface area contributed by atoms with E-state index in [1.807, 2.05) is 0 Å². The number of esters is 1. The Morgan fingerprint density at radius 3 is 1.66 bits per heavy atom. The summed E-state index contributed by atoms with van der Waals surface area (Å²) in [7, 11) is 0. The third kappa shape index (κ3) is 18.0. The third-order valence-electron chi connectivity index (χ3n) is 6.24. The van der Waals surface area contributed by atoms with Crippen LogP contribution in [0.3, 0.4) is 0 Å². The van der Waals surface area contributed by atoms with E-state index in [1.165, 1.54) is 116 Å². The van der Waals surface area contributed by atoms with Crippen LogP contribution in [0.1, 0.15) is 142 Å². The van der Waals surface area contributed by atoms with Gasteiger partial charge in [-0.1, -0.05) is 116 Å². The van der Waals surface area contributed by atoms with Crippen molar-refractivity contribution < 1.29 is 14.3 Å². The standard InChI is InChI=1S/C26H50O3/c1-2-3-4-5-6-7-8-9-10-11-12-13-14-15-19-22-26(27)29-24-23-28-25-20-17-16-18-21-25/h25H,2-24H2,1H3. The van der Waals surface area contributed by atoms with Gasteiger partial charge in [0.15, 0.2) is 0 Å². The van der Waals surface area contributed by atoms with Crippen molar-refractivity contribution in [1.82, 2.24) is 0 Å². The molecule has 0 radical (unpaired) electrons. The van der Waals surface area contributed by atoms with Crippen molar-refractivity contribution in [2.45, 2.75) is 148 Å². The Bertz CT molecular complexity index is 350. The lowest BCUT2D eigenvalue weighted by Gasteiger charge is -2.21.